The molecule has 7 heteroatoms. The lowest BCUT2D eigenvalue weighted by atomic mass is 9.82. The summed E-state index contributed by atoms with van der Waals surface area (Å²) in [6.07, 6.45) is -1.24. The normalized spacial score (nSPS) is 18.5. The van der Waals surface area contributed by atoms with Crippen molar-refractivity contribution in [3.8, 4) is 11.5 Å². The van der Waals surface area contributed by atoms with Gasteiger partial charge in [0.25, 0.3) is 0 Å². The molecule has 2 bridgehead atoms. The molecule has 0 aliphatic carbocycles. The first-order chi connectivity index (χ1) is 16.3. The first-order valence-electron chi connectivity index (χ1n) is 11.6. The molecule has 2 aromatic rings. The van der Waals surface area contributed by atoms with Gasteiger partial charge >= 0.3 is 0 Å². The molecule has 0 radical (unpaired) electrons. The minimum absolute atomic E-state index is 0.268. The Labute approximate surface area is 204 Å². The van der Waals surface area contributed by atoms with Gasteiger partial charge in [0, 0.05) is 0 Å². The number of aldehydes is 2. The maximum atomic E-state index is 12.9. The van der Waals surface area contributed by atoms with Gasteiger partial charge in [-0.1, -0.05) is 41.5 Å². The molecule has 2 aliphatic heterocycles. The summed E-state index contributed by atoms with van der Waals surface area (Å²) in [5, 5.41) is 0. The summed E-state index contributed by atoms with van der Waals surface area (Å²) < 4.78 is 18.6. The number of benzene rings is 2. The largest absolute Gasteiger partial charge is 0.459 e. The Bertz CT molecular complexity index is 1130. The summed E-state index contributed by atoms with van der Waals surface area (Å²) in [4.78, 5) is 48.0. The zero-order valence-corrected chi connectivity index (χ0v) is 20.9. The van der Waals surface area contributed by atoms with E-state index < -0.39 is 12.6 Å². The highest BCUT2D eigenvalue weighted by Gasteiger charge is 2.42. The highest BCUT2D eigenvalue weighted by atomic mass is 16.8. The molecular weight excluding hydrogens is 448 g/mol. The first-order valence-corrected chi connectivity index (χ1v) is 11.6. The first kappa shape index (κ1) is 24.8. The van der Waals surface area contributed by atoms with Crippen LogP contribution >= 0.6 is 0 Å². The van der Waals surface area contributed by atoms with Gasteiger partial charge in [0.2, 0.25) is 12.6 Å². The lowest BCUT2D eigenvalue weighted by molar-refractivity contribution is -0.227. The molecule has 0 spiro atoms. The van der Waals surface area contributed by atoms with Crippen LogP contribution in [0.1, 0.15) is 110 Å². The third kappa shape index (κ3) is 4.52. The van der Waals surface area contributed by atoms with Crippen LogP contribution in [0.2, 0.25) is 0 Å². The van der Waals surface area contributed by atoms with Gasteiger partial charge in [-0.3, -0.25) is 14.3 Å². The minimum Gasteiger partial charge on any atom is -0.459 e. The number of fused-ring (bicyclic) bond motifs is 6. The molecule has 0 amide bonds. The third-order valence-electron chi connectivity index (χ3n) is 6.31. The van der Waals surface area contributed by atoms with Gasteiger partial charge in [-0.25, -0.2) is 0 Å². The summed E-state index contributed by atoms with van der Waals surface area (Å²) in [6, 6.07) is 7.26. The van der Waals surface area contributed by atoms with Crippen molar-refractivity contribution in [2.75, 3.05) is 0 Å². The second kappa shape index (κ2) is 8.72. The van der Waals surface area contributed by atoms with Crippen LogP contribution in [0.25, 0.3) is 0 Å². The van der Waals surface area contributed by atoms with E-state index in [4.69, 9.17) is 14.2 Å². The summed E-state index contributed by atoms with van der Waals surface area (Å²) >= 11 is 0. The maximum Gasteiger partial charge on any atom is 0.234 e. The van der Waals surface area contributed by atoms with Crippen molar-refractivity contribution in [1.29, 1.82) is 0 Å². The molecule has 184 valence electrons. The van der Waals surface area contributed by atoms with Gasteiger partial charge in [0.05, 0.1) is 35.1 Å². The van der Waals surface area contributed by atoms with Crippen molar-refractivity contribution in [3.05, 3.63) is 57.6 Å². The van der Waals surface area contributed by atoms with Crippen molar-refractivity contribution < 1.29 is 33.4 Å². The number of Topliss-reactive ketones (excluding diaryl/α,β-unsaturated/α-hetero) is 2. The molecule has 0 saturated heterocycles. The predicted molar refractivity (Wildman–Crippen MR) is 128 cm³/mol. The van der Waals surface area contributed by atoms with Crippen molar-refractivity contribution in [2.45, 2.75) is 77.8 Å². The predicted octanol–water partition coefficient (Wildman–Crippen LogP) is 5.32. The summed E-state index contributed by atoms with van der Waals surface area (Å²) in [5.74, 6) is -0.0713. The highest BCUT2D eigenvalue weighted by Crippen LogP contribution is 2.51. The van der Waals surface area contributed by atoms with E-state index in [1.54, 1.807) is 12.1 Å². The summed E-state index contributed by atoms with van der Waals surface area (Å²) in [7, 11) is 0. The smallest absolute Gasteiger partial charge is 0.234 e. The molecule has 4 rings (SSSR count). The van der Waals surface area contributed by atoms with Gasteiger partial charge in [-0.2, -0.15) is 0 Å². The third-order valence-corrected chi connectivity index (χ3v) is 6.31. The number of hydrogen-bond acceptors (Lipinski definition) is 7. The van der Waals surface area contributed by atoms with E-state index in [1.807, 2.05) is 53.7 Å². The Morgan fingerprint density at radius 1 is 0.714 bits per heavy atom. The van der Waals surface area contributed by atoms with E-state index in [9.17, 15) is 19.2 Å². The van der Waals surface area contributed by atoms with Crippen molar-refractivity contribution >= 4 is 24.1 Å². The molecule has 2 aliphatic rings. The van der Waals surface area contributed by atoms with Crippen molar-refractivity contribution in [2.24, 2.45) is 0 Å². The average Bonchev–Trinajstić information content (AvgIpc) is 2.77. The van der Waals surface area contributed by atoms with Crippen LogP contribution in [-0.2, 0) is 25.2 Å². The van der Waals surface area contributed by atoms with Gasteiger partial charge in [-0.15, -0.1) is 0 Å². The van der Waals surface area contributed by atoms with Crippen LogP contribution in [0.5, 0.6) is 11.5 Å². The van der Waals surface area contributed by atoms with Gasteiger partial charge in [0.1, 0.15) is 24.1 Å². The Morgan fingerprint density at radius 2 is 1.09 bits per heavy atom. The van der Waals surface area contributed by atoms with Crippen LogP contribution in [-0.4, -0.2) is 24.1 Å². The number of ketones is 2. The van der Waals surface area contributed by atoms with Gasteiger partial charge in [-0.05, 0) is 46.2 Å². The van der Waals surface area contributed by atoms with Crippen LogP contribution in [0.15, 0.2) is 24.3 Å². The molecule has 0 fully saturated rings. The van der Waals surface area contributed by atoms with Gasteiger partial charge in [0.15, 0.2) is 11.6 Å². The summed E-state index contributed by atoms with van der Waals surface area (Å²) in [5.41, 5.74) is 2.73. The van der Waals surface area contributed by atoms with E-state index >= 15 is 0 Å². The molecule has 2 unspecified atom stereocenters. The summed E-state index contributed by atoms with van der Waals surface area (Å²) in [6.45, 7) is 12.1. The van der Waals surface area contributed by atoms with E-state index in [-0.39, 0.29) is 35.2 Å². The second-order valence-electron chi connectivity index (χ2n) is 11.0. The van der Waals surface area contributed by atoms with Crippen molar-refractivity contribution in [3.63, 3.8) is 0 Å². The number of hydrogen-bond donors (Lipinski definition) is 0. The van der Waals surface area contributed by atoms with Gasteiger partial charge < -0.3 is 19.1 Å². The maximum absolute atomic E-state index is 12.9. The van der Waals surface area contributed by atoms with E-state index in [1.165, 1.54) is 0 Å². The van der Waals surface area contributed by atoms with E-state index in [2.05, 4.69) is 0 Å². The number of carbonyl (C=O) groups excluding carboxylic acids is 4. The fourth-order valence-electron chi connectivity index (χ4n) is 4.22. The molecule has 0 saturated carbocycles. The molecule has 35 heavy (non-hydrogen) atoms. The SMILES string of the molecule is CC(C)(C)c1cc(C(=O)CC=O)c2c(c1)C1Oc3c(C(=O)CC=O)cc(C(C)(C)C)cc3C(O2)O1. The molecule has 7 nitrogen and oxygen atoms in total. The second-order valence-corrected chi connectivity index (χ2v) is 11.0. The number of carbonyl (C=O) groups is 4. The minimum atomic E-state index is -0.926. The Balaban J connectivity index is 1.91. The molecule has 2 atom stereocenters. The van der Waals surface area contributed by atoms with Crippen molar-refractivity contribution in [1.82, 2.24) is 0 Å². The Morgan fingerprint density at radius 3 is 1.40 bits per heavy atom. The Kier molecular flexibility index (Phi) is 6.18. The molecule has 2 heterocycles. The topological polar surface area (TPSA) is 96.0 Å². The highest BCUT2D eigenvalue weighted by molar-refractivity contribution is 6.06. The van der Waals surface area contributed by atoms with Crippen LogP contribution in [0, 0.1) is 0 Å². The molecule has 2 aromatic carbocycles. The van der Waals surface area contributed by atoms with Crippen LogP contribution in [0.3, 0.4) is 0 Å². The fraction of sp³-hybridized carbons (Fsp3) is 0.429. The monoisotopic (exact) mass is 478 g/mol. The van der Waals surface area contributed by atoms with E-state index in [0.29, 0.717) is 46.3 Å². The molecular formula is C28H30O7. The van der Waals surface area contributed by atoms with Crippen LogP contribution in [0.4, 0.5) is 0 Å². The molecule has 0 aromatic heterocycles. The quantitative estimate of drug-likeness (QED) is 0.315. The lowest BCUT2D eigenvalue weighted by Crippen LogP contribution is -2.33. The zero-order valence-electron chi connectivity index (χ0n) is 20.9. The van der Waals surface area contributed by atoms with E-state index in [0.717, 1.165) is 11.1 Å². The van der Waals surface area contributed by atoms with Crippen LogP contribution < -0.4 is 9.47 Å². The standard InChI is InChI=1S/C28H30O7/c1-27(2,3)15-11-17(21(31)7-9-29)23-19(13-15)25-34-24-18(22(32)8-10-30)12-16(28(4,5)6)14-20(24)26(33-23)35-25/h9-14,25-26H,7-8H2,1-6H3. The zero-order chi connectivity index (χ0) is 25.7. The molecule has 0 N–H and O–H groups in total. The number of rotatable bonds is 6. The average molecular weight is 479 g/mol. The lowest BCUT2D eigenvalue weighted by Gasteiger charge is -2.40. The number of ether oxygens (including phenoxy) is 3. The Hall–Kier alpha value is -3.32. The fourth-order valence-corrected chi connectivity index (χ4v) is 4.22.